The van der Waals surface area contributed by atoms with E-state index >= 15 is 0 Å². The van der Waals surface area contributed by atoms with Crippen LogP contribution in [0.3, 0.4) is 0 Å². The molecule has 3 aromatic rings. The molecule has 3 fully saturated rings. The molecule has 4 amide bonds. The Morgan fingerprint density at radius 3 is 2.45 bits per heavy atom. The molecule has 6 rings (SSSR count). The van der Waals surface area contributed by atoms with Gasteiger partial charge in [0, 0.05) is 35.4 Å². The first-order valence-electron chi connectivity index (χ1n) is 18.1. The van der Waals surface area contributed by atoms with E-state index in [2.05, 4.69) is 21.9 Å². The number of sulfonamides is 1. The quantitative estimate of drug-likeness (QED) is 0.202. The average molecular weight is 780 g/mol. The number of alkyl carbamates (subject to hydrolysis) is 1. The maximum Gasteiger partial charge on any atom is 0.407 e. The summed E-state index contributed by atoms with van der Waals surface area (Å²) in [6.45, 7) is 7.37. The summed E-state index contributed by atoms with van der Waals surface area (Å²) in [6.07, 6.45) is 0.642. The van der Waals surface area contributed by atoms with Gasteiger partial charge in [0.05, 0.1) is 30.1 Å². The van der Waals surface area contributed by atoms with Gasteiger partial charge in [-0.2, -0.15) is 0 Å². The Kier molecular flexibility index (Phi) is 11.1. The van der Waals surface area contributed by atoms with Crippen molar-refractivity contribution in [3.8, 4) is 22.8 Å². The smallest absolute Gasteiger partial charge is 0.407 e. The minimum atomic E-state index is -3.93. The molecule has 5 unspecified atom stereocenters. The van der Waals surface area contributed by atoms with Gasteiger partial charge in [0.1, 0.15) is 48.5 Å². The van der Waals surface area contributed by atoms with E-state index in [1.54, 1.807) is 52.1 Å². The number of pyridine rings is 1. The number of nitrogens with zero attached hydrogens (tertiary/aromatic N) is 2. The van der Waals surface area contributed by atoms with Crippen LogP contribution < -0.4 is 24.8 Å². The van der Waals surface area contributed by atoms with Crippen LogP contribution in [0.1, 0.15) is 46.5 Å². The monoisotopic (exact) mass is 779 g/mol. The van der Waals surface area contributed by atoms with Gasteiger partial charge in [-0.15, -0.1) is 6.58 Å². The molecule has 2 saturated carbocycles. The number of methoxy groups -OCH3 is 1. The van der Waals surface area contributed by atoms with E-state index in [0.717, 1.165) is 5.56 Å². The van der Waals surface area contributed by atoms with Crippen molar-refractivity contribution in [2.45, 2.75) is 75.4 Å². The summed E-state index contributed by atoms with van der Waals surface area (Å²) >= 11 is 0. The number of likely N-dealkylation sites (tertiary alicyclic amines) is 1. The lowest BCUT2D eigenvalue weighted by Gasteiger charge is -2.35. The maximum atomic E-state index is 14.5. The minimum absolute atomic E-state index is 0.0296. The summed E-state index contributed by atoms with van der Waals surface area (Å²) < 4.78 is 57.4. The average Bonchev–Trinajstić information content (AvgIpc) is 4.09. The van der Waals surface area contributed by atoms with Gasteiger partial charge < -0.3 is 29.7 Å². The number of ether oxygens (including phenoxy) is 3. The summed E-state index contributed by atoms with van der Waals surface area (Å²) in [4.78, 5) is 61.1. The van der Waals surface area contributed by atoms with Crippen molar-refractivity contribution in [1.82, 2.24) is 25.2 Å². The van der Waals surface area contributed by atoms with Crippen molar-refractivity contribution in [3.05, 3.63) is 67.3 Å². The third-order valence-corrected chi connectivity index (χ3v) is 11.9. The fourth-order valence-electron chi connectivity index (χ4n) is 6.84. The van der Waals surface area contributed by atoms with E-state index in [-0.39, 0.29) is 19.4 Å². The number of alkyl halides is 1. The molecule has 55 heavy (non-hydrogen) atoms. The molecule has 2 heterocycles. The normalized spacial score (nSPS) is 22.6. The third kappa shape index (κ3) is 8.53. The molecule has 1 aliphatic heterocycles. The molecule has 1 aromatic heterocycles. The SMILES string of the molecule is C=CC1CC1(NC(=O)C1CC(Oc2cc(-c3ccccc3)nc3cc(OC)ccc23)CN1C(=O)C(NC(=O)OCCF)C(C)(C)C)C(=O)NS(=O)(=O)C1CC1. The second-order valence-electron chi connectivity index (χ2n) is 15.2. The van der Waals surface area contributed by atoms with Crippen LogP contribution in [-0.2, 0) is 29.1 Å². The number of hydrogen-bond donors (Lipinski definition) is 3. The number of amides is 4. The van der Waals surface area contributed by atoms with Crippen LogP contribution >= 0.6 is 0 Å². The number of hydrogen-bond acceptors (Lipinski definition) is 10. The molecule has 5 atom stereocenters. The van der Waals surface area contributed by atoms with Crippen molar-refractivity contribution in [2.24, 2.45) is 11.3 Å². The van der Waals surface area contributed by atoms with Crippen molar-refractivity contribution in [2.75, 3.05) is 26.9 Å². The molecule has 3 N–H and O–H groups in total. The van der Waals surface area contributed by atoms with E-state index in [0.29, 0.717) is 40.9 Å². The number of carbonyl (C=O) groups excluding carboxylic acids is 4. The van der Waals surface area contributed by atoms with Gasteiger partial charge in [0.15, 0.2) is 0 Å². The standard InChI is InChI=1S/C39H46FN5O9S/c1-6-24-21-39(24,36(48)44-55(50,51)27-13-14-27)43-34(46)31-19-26(22-45(31)35(47)33(38(2,3)4)42-37(49)53-17-16-40)54-32-20-29(23-10-8-7-9-11-23)41-30-18-25(52-5)12-15-28(30)32/h6-12,15,18,20,24,26-27,31,33H,1,13-14,16-17,19,21-22H2,2-5H3,(H,42,49)(H,43,46)(H,44,48). The molecule has 2 aliphatic carbocycles. The summed E-state index contributed by atoms with van der Waals surface area (Å²) in [5.74, 6) is -1.79. The predicted octanol–water partition coefficient (Wildman–Crippen LogP) is 4.04. The number of benzene rings is 2. The fraction of sp³-hybridized carbons (Fsp3) is 0.462. The molecule has 3 aliphatic rings. The zero-order chi connectivity index (χ0) is 39.7. The van der Waals surface area contributed by atoms with Crippen LogP contribution in [0.25, 0.3) is 22.2 Å². The van der Waals surface area contributed by atoms with E-state index in [9.17, 15) is 32.0 Å². The zero-order valence-corrected chi connectivity index (χ0v) is 32.0. The Bertz CT molecular complexity index is 2090. The summed E-state index contributed by atoms with van der Waals surface area (Å²) in [7, 11) is -2.38. The number of rotatable bonds is 14. The van der Waals surface area contributed by atoms with Gasteiger partial charge in [-0.1, -0.05) is 57.2 Å². The Morgan fingerprint density at radius 1 is 1.11 bits per heavy atom. The molecule has 16 heteroatoms. The second kappa shape index (κ2) is 15.5. The Morgan fingerprint density at radius 2 is 1.84 bits per heavy atom. The lowest BCUT2D eigenvalue weighted by molar-refractivity contribution is -0.142. The first kappa shape index (κ1) is 39.4. The van der Waals surface area contributed by atoms with Gasteiger partial charge in [-0.05, 0) is 36.8 Å². The lowest BCUT2D eigenvalue weighted by Crippen LogP contribution is -2.60. The molecule has 294 valence electrons. The third-order valence-electron chi connectivity index (χ3n) is 10.1. The topological polar surface area (TPSA) is 182 Å². The van der Waals surface area contributed by atoms with Gasteiger partial charge in [-0.25, -0.2) is 22.6 Å². The predicted molar refractivity (Wildman–Crippen MR) is 201 cm³/mol. The summed E-state index contributed by atoms with van der Waals surface area (Å²) in [6, 6.07) is 14.1. The van der Waals surface area contributed by atoms with E-state index in [1.165, 1.54) is 11.0 Å². The van der Waals surface area contributed by atoms with E-state index in [4.69, 9.17) is 19.2 Å². The van der Waals surface area contributed by atoms with Gasteiger partial charge in [0.2, 0.25) is 21.8 Å². The van der Waals surface area contributed by atoms with Crippen molar-refractivity contribution in [3.63, 3.8) is 0 Å². The molecule has 2 aromatic carbocycles. The van der Waals surface area contributed by atoms with Crippen molar-refractivity contribution < 1.29 is 46.2 Å². The first-order chi connectivity index (χ1) is 26.1. The number of carbonyl (C=O) groups is 4. The molecule has 0 radical (unpaired) electrons. The number of fused-ring (bicyclic) bond motifs is 1. The van der Waals surface area contributed by atoms with Crippen LogP contribution in [0.15, 0.2) is 67.3 Å². The molecule has 1 saturated heterocycles. The Labute approximate surface area is 319 Å². The van der Waals surface area contributed by atoms with E-state index < -0.39 is 87.4 Å². The Hall–Kier alpha value is -5.25. The lowest BCUT2D eigenvalue weighted by atomic mass is 9.85. The van der Waals surface area contributed by atoms with E-state index in [1.807, 2.05) is 30.3 Å². The van der Waals surface area contributed by atoms with Gasteiger partial charge >= 0.3 is 6.09 Å². The largest absolute Gasteiger partial charge is 0.497 e. The molecular formula is C39H46FN5O9S. The summed E-state index contributed by atoms with van der Waals surface area (Å²) in [5, 5.41) is 5.28. The van der Waals surface area contributed by atoms with Crippen molar-refractivity contribution in [1.29, 1.82) is 0 Å². The van der Waals surface area contributed by atoms with Gasteiger partial charge in [-0.3, -0.25) is 19.1 Å². The molecular weight excluding hydrogens is 734 g/mol. The molecule has 14 nitrogen and oxygen atoms in total. The highest BCUT2D eigenvalue weighted by molar-refractivity contribution is 7.91. The maximum absolute atomic E-state index is 14.5. The van der Waals surface area contributed by atoms with Crippen molar-refractivity contribution >= 4 is 44.7 Å². The van der Waals surface area contributed by atoms with Crippen LogP contribution in [0.2, 0.25) is 0 Å². The van der Waals surface area contributed by atoms with Gasteiger partial charge in [0.25, 0.3) is 5.91 Å². The fourth-order valence-corrected chi connectivity index (χ4v) is 8.20. The Balaban J connectivity index is 1.34. The number of aromatic nitrogens is 1. The zero-order valence-electron chi connectivity index (χ0n) is 31.2. The molecule has 0 spiro atoms. The highest BCUT2D eigenvalue weighted by Gasteiger charge is 2.62. The van der Waals surface area contributed by atoms with Crippen LogP contribution in [0.5, 0.6) is 11.5 Å². The summed E-state index contributed by atoms with van der Waals surface area (Å²) in [5.41, 5.74) is -0.488. The second-order valence-corrected chi connectivity index (χ2v) is 17.1. The molecule has 0 bridgehead atoms. The first-order valence-corrected chi connectivity index (χ1v) is 19.7. The van der Waals surface area contributed by atoms with Crippen LogP contribution in [0, 0.1) is 11.3 Å². The highest BCUT2D eigenvalue weighted by Crippen LogP contribution is 2.46. The number of halogens is 1. The van der Waals surface area contributed by atoms with Crippen LogP contribution in [-0.4, -0.2) is 98.0 Å². The minimum Gasteiger partial charge on any atom is -0.497 e. The van der Waals surface area contributed by atoms with Crippen LogP contribution in [0.4, 0.5) is 9.18 Å². The number of nitrogens with one attached hydrogen (secondary N) is 3. The highest BCUT2D eigenvalue weighted by atomic mass is 32.2.